The van der Waals surface area contributed by atoms with Crippen LogP contribution in [-0.4, -0.2) is 33.2 Å². The average molecular weight is 315 g/mol. The van der Waals surface area contributed by atoms with Crippen LogP contribution < -0.4 is 0 Å². The molecule has 7 heteroatoms. The minimum Gasteiger partial charge on any atom is -0.466 e. The highest BCUT2D eigenvalue weighted by molar-refractivity contribution is 7.17. The Labute approximate surface area is 130 Å². The van der Waals surface area contributed by atoms with Crippen molar-refractivity contribution < 1.29 is 14.3 Å². The summed E-state index contributed by atoms with van der Waals surface area (Å²) in [5.41, 5.74) is 1.62. The number of rotatable bonds is 5. The Morgan fingerprint density at radius 3 is 3.00 bits per heavy atom. The molecule has 0 aliphatic heterocycles. The van der Waals surface area contributed by atoms with Gasteiger partial charge in [0.05, 0.1) is 18.7 Å². The zero-order chi connectivity index (χ0) is 15.5. The summed E-state index contributed by atoms with van der Waals surface area (Å²) in [5.74, 6) is -0.287. The second-order valence-electron chi connectivity index (χ2n) is 4.51. The highest BCUT2D eigenvalue weighted by Crippen LogP contribution is 2.26. The maximum absolute atomic E-state index is 11.5. The van der Waals surface area contributed by atoms with Gasteiger partial charge in [0.15, 0.2) is 11.2 Å². The second kappa shape index (κ2) is 6.07. The van der Waals surface area contributed by atoms with E-state index in [2.05, 4.69) is 9.97 Å². The van der Waals surface area contributed by atoms with Crippen LogP contribution in [0, 0.1) is 0 Å². The molecule has 0 amide bonds. The Morgan fingerprint density at radius 1 is 1.45 bits per heavy atom. The largest absolute Gasteiger partial charge is 0.466 e. The number of esters is 1. The lowest BCUT2D eigenvalue weighted by molar-refractivity contribution is -0.142. The number of carbonyl (C=O) groups is 2. The number of thiazole rings is 1. The number of aromatic nitrogens is 3. The summed E-state index contributed by atoms with van der Waals surface area (Å²) < 4.78 is 6.62. The van der Waals surface area contributed by atoms with Crippen molar-refractivity contribution in [2.24, 2.45) is 0 Å². The van der Waals surface area contributed by atoms with Crippen LogP contribution in [0.5, 0.6) is 0 Å². The Morgan fingerprint density at radius 2 is 2.32 bits per heavy atom. The Balaban J connectivity index is 1.99. The van der Waals surface area contributed by atoms with Crippen LogP contribution in [0.25, 0.3) is 16.3 Å². The third kappa shape index (κ3) is 2.62. The first-order valence-electron chi connectivity index (χ1n) is 6.76. The SMILES string of the molecule is CCOC(=O)Cc1cn2c(C=O)c(-c3ccccn3)nc2s1. The van der Waals surface area contributed by atoms with Crippen molar-refractivity contribution in [1.29, 1.82) is 0 Å². The Kier molecular flexibility index (Phi) is 3.97. The molecule has 3 aromatic rings. The molecule has 0 aliphatic carbocycles. The van der Waals surface area contributed by atoms with Gasteiger partial charge < -0.3 is 4.74 Å². The van der Waals surface area contributed by atoms with Gasteiger partial charge >= 0.3 is 5.97 Å². The van der Waals surface area contributed by atoms with E-state index in [-0.39, 0.29) is 12.4 Å². The summed E-state index contributed by atoms with van der Waals surface area (Å²) in [4.78, 5) is 33.1. The third-order valence-corrected chi connectivity index (χ3v) is 4.04. The van der Waals surface area contributed by atoms with Gasteiger partial charge in [-0.15, -0.1) is 11.3 Å². The number of ether oxygens (including phenoxy) is 1. The van der Waals surface area contributed by atoms with Crippen LogP contribution in [0.4, 0.5) is 0 Å². The first-order chi connectivity index (χ1) is 10.7. The molecule has 0 atom stereocenters. The van der Waals surface area contributed by atoms with Gasteiger partial charge in [0.2, 0.25) is 0 Å². The maximum Gasteiger partial charge on any atom is 0.311 e. The molecule has 0 saturated heterocycles. The lowest BCUT2D eigenvalue weighted by atomic mass is 10.2. The maximum atomic E-state index is 11.5. The minimum absolute atomic E-state index is 0.180. The molecule has 0 N–H and O–H groups in total. The predicted octanol–water partition coefficient (Wildman–Crippen LogP) is 2.38. The molecule has 0 saturated carbocycles. The van der Waals surface area contributed by atoms with Crippen molar-refractivity contribution in [3.63, 3.8) is 0 Å². The molecule has 0 fully saturated rings. The summed E-state index contributed by atoms with van der Waals surface area (Å²) in [5, 5.41) is 0. The van der Waals surface area contributed by atoms with Gasteiger partial charge in [-0.2, -0.15) is 0 Å². The number of hydrogen-bond acceptors (Lipinski definition) is 6. The molecule has 3 rings (SSSR count). The van der Waals surface area contributed by atoms with E-state index in [1.165, 1.54) is 11.3 Å². The third-order valence-electron chi connectivity index (χ3n) is 3.05. The fourth-order valence-electron chi connectivity index (χ4n) is 2.15. The van der Waals surface area contributed by atoms with Crippen LogP contribution in [0.2, 0.25) is 0 Å². The van der Waals surface area contributed by atoms with E-state index in [0.29, 0.717) is 28.6 Å². The smallest absolute Gasteiger partial charge is 0.311 e. The topological polar surface area (TPSA) is 73.6 Å². The monoisotopic (exact) mass is 315 g/mol. The van der Waals surface area contributed by atoms with E-state index in [0.717, 1.165) is 11.2 Å². The summed E-state index contributed by atoms with van der Waals surface area (Å²) in [6.45, 7) is 2.12. The van der Waals surface area contributed by atoms with Gasteiger partial charge in [-0.1, -0.05) is 6.07 Å². The lowest BCUT2D eigenvalue weighted by Gasteiger charge is -1.99. The van der Waals surface area contributed by atoms with Crippen molar-refractivity contribution >= 4 is 28.6 Å². The summed E-state index contributed by atoms with van der Waals surface area (Å²) >= 11 is 1.36. The van der Waals surface area contributed by atoms with Crippen molar-refractivity contribution in [3.05, 3.63) is 41.2 Å². The van der Waals surface area contributed by atoms with Gasteiger partial charge in [-0.3, -0.25) is 19.0 Å². The van der Waals surface area contributed by atoms with Gasteiger partial charge in [0, 0.05) is 17.3 Å². The molecule has 0 aliphatic rings. The van der Waals surface area contributed by atoms with Crippen molar-refractivity contribution in [2.75, 3.05) is 6.61 Å². The zero-order valence-electron chi connectivity index (χ0n) is 11.9. The molecule has 0 spiro atoms. The fourth-order valence-corrected chi connectivity index (χ4v) is 3.12. The predicted molar refractivity (Wildman–Crippen MR) is 82.0 cm³/mol. The number of aldehydes is 1. The minimum atomic E-state index is -0.287. The van der Waals surface area contributed by atoms with Crippen LogP contribution >= 0.6 is 11.3 Å². The Bertz CT molecular complexity index is 823. The number of carbonyl (C=O) groups excluding carboxylic acids is 2. The van der Waals surface area contributed by atoms with Crippen molar-refractivity contribution in [2.45, 2.75) is 13.3 Å². The normalized spacial score (nSPS) is 10.8. The molecule has 0 bridgehead atoms. The number of hydrogen-bond donors (Lipinski definition) is 0. The number of imidazole rings is 1. The van der Waals surface area contributed by atoms with Crippen LogP contribution in [-0.2, 0) is 16.0 Å². The quantitative estimate of drug-likeness (QED) is 0.534. The van der Waals surface area contributed by atoms with E-state index in [4.69, 9.17) is 4.74 Å². The fraction of sp³-hybridized carbons (Fsp3) is 0.200. The highest BCUT2D eigenvalue weighted by atomic mass is 32.1. The van der Waals surface area contributed by atoms with Crippen LogP contribution in [0.1, 0.15) is 22.3 Å². The van der Waals surface area contributed by atoms with Gasteiger partial charge in [-0.05, 0) is 19.1 Å². The molecule has 3 heterocycles. The van der Waals surface area contributed by atoms with Gasteiger partial charge in [-0.25, -0.2) is 4.98 Å². The van der Waals surface area contributed by atoms with Crippen LogP contribution in [0.15, 0.2) is 30.6 Å². The second-order valence-corrected chi connectivity index (χ2v) is 5.60. The number of pyridine rings is 1. The van der Waals surface area contributed by atoms with Crippen LogP contribution in [0.3, 0.4) is 0 Å². The molecule has 3 aromatic heterocycles. The van der Waals surface area contributed by atoms with Gasteiger partial charge in [0.25, 0.3) is 0 Å². The van der Waals surface area contributed by atoms with E-state index in [1.807, 2.05) is 6.07 Å². The molecule has 112 valence electrons. The number of nitrogens with zero attached hydrogens (tertiary/aromatic N) is 3. The van der Waals surface area contributed by atoms with E-state index < -0.39 is 0 Å². The molecule has 6 nitrogen and oxygen atoms in total. The molecular formula is C15H13N3O3S. The van der Waals surface area contributed by atoms with E-state index >= 15 is 0 Å². The van der Waals surface area contributed by atoms with Crippen molar-refractivity contribution in [1.82, 2.24) is 14.4 Å². The lowest BCUT2D eigenvalue weighted by Crippen LogP contribution is -2.06. The average Bonchev–Trinajstić information content (AvgIpc) is 3.05. The Hall–Kier alpha value is -2.54. The summed E-state index contributed by atoms with van der Waals surface area (Å²) in [6, 6.07) is 5.45. The molecule has 0 radical (unpaired) electrons. The first kappa shape index (κ1) is 14.4. The standard InChI is InChI=1S/C15H13N3O3S/c1-2-21-13(20)7-10-8-18-12(9-19)14(17-15(18)22-10)11-5-3-4-6-16-11/h3-6,8-9H,2,7H2,1H3. The van der Waals surface area contributed by atoms with E-state index in [9.17, 15) is 9.59 Å². The zero-order valence-corrected chi connectivity index (χ0v) is 12.7. The molecule has 0 aromatic carbocycles. The van der Waals surface area contributed by atoms with Gasteiger partial charge in [0.1, 0.15) is 11.4 Å². The summed E-state index contributed by atoms with van der Waals surface area (Å²) in [6.07, 6.45) is 4.34. The molecular weight excluding hydrogens is 302 g/mol. The summed E-state index contributed by atoms with van der Waals surface area (Å²) in [7, 11) is 0. The molecule has 0 unspecified atom stereocenters. The van der Waals surface area contributed by atoms with E-state index in [1.54, 1.807) is 35.9 Å². The highest BCUT2D eigenvalue weighted by Gasteiger charge is 2.17. The van der Waals surface area contributed by atoms with Crippen molar-refractivity contribution in [3.8, 4) is 11.4 Å². The number of fused-ring (bicyclic) bond motifs is 1. The molecule has 22 heavy (non-hydrogen) atoms. The first-order valence-corrected chi connectivity index (χ1v) is 7.57.